The molecule has 1 N–H and O–H groups in total. The number of halogens is 1. The molecule has 0 aromatic heterocycles. The second-order valence-corrected chi connectivity index (χ2v) is 8.24. The van der Waals surface area contributed by atoms with E-state index in [0.29, 0.717) is 11.3 Å². The largest absolute Gasteiger partial charge is 0.491 e. The van der Waals surface area contributed by atoms with E-state index in [4.69, 9.17) is 15.4 Å². The van der Waals surface area contributed by atoms with Gasteiger partial charge >= 0.3 is 0 Å². The summed E-state index contributed by atoms with van der Waals surface area (Å²) in [5.74, 6) is 0.445. The molecular formula is C9H10ClNO5S2. The molecule has 9 heteroatoms. The Morgan fingerprint density at radius 2 is 2.00 bits per heavy atom. The Kier molecular flexibility index (Phi) is 3.30. The van der Waals surface area contributed by atoms with E-state index in [2.05, 4.69) is 4.72 Å². The molecule has 0 aliphatic carbocycles. The Bertz CT molecular complexity index is 683. The summed E-state index contributed by atoms with van der Waals surface area (Å²) in [7, 11) is -2.03. The molecular weight excluding hydrogens is 302 g/mol. The summed E-state index contributed by atoms with van der Waals surface area (Å²) < 4.78 is 52.4. The van der Waals surface area contributed by atoms with Crippen LogP contribution in [-0.4, -0.2) is 29.7 Å². The van der Waals surface area contributed by atoms with Gasteiger partial charge in [-0.15, -0.1) is 0 Å². The van der Waals surface area contributed by atoms with Crippen molar-refractivity contribution in [2.75, 3.05) is 12.9 Å². The fourth-order valence-corrected chi connectivity index (χ4v) is 3.20. The first-order valence-electron chi connectivity index (χ1n) is 4.85. The van der Waals surface area contributed by atoms with Crippen LogP contribution in [0.15, 0.2) is 23.1 Å². The Balaban J connectivity index is 2.43. The lowest BCUT2D eigenvalue weighted by atomic mass is 10.1. The predicted octanol–water partition coefficient (Wildman–Crippen LogP) is 0.597. The molecule has 1 aromatic carbocycles. The molecule has 100 valence electrons. The van der Waals surface area contributed by atoms with E-state index in [1.165, 1.54) is 18.2 Å². The minimum atomic E-state index is -3.85. The van der Waals surface area contributed by atoms with Gasteiger partial charge in [-0.1, -0.05) is 0 Å². The summed E-state index contributed by atoms with van der Waals surface area (Å²) in [5, 5.41) is 0. The van der Waals surface area contributed by atoms with Crippen LogP contribution < -0.4 is 9.46 Å². The lowest BCUT2D eigenvalue weighted by Crippen LogP contribution is -2.28. The van der Waals surface area contributed by atoms with Crippen LogP contribution in [0.25, 0.3) is 0 Å². The zero-order chi connectivity index (χ0) is 13.6. The molecule has 0 spiro atoms. The van der Waals surface area contributed by atoms with Crippen molar-refractivity contribution in [1.82, 2.24) is 4.72 Å². The fraction of sp³-hybridized carbons (Fsp3) is 0.333. The normalized spacial score (nSPS) is 19.3. The van der Waals surface area contributed by atoms with Crippen LogP contribution in [0, 0.1) is 0 Å². The summed E-state index contributed by atoms with van der Waals surface area (Å²) in [4.78, 5) is -0.0892. The van der Waals surface area contributed by atoms with Gasteiger partial charge in [-0.05, 0) is 18.2 Å². The Morgan fingerprint density at radius 1 is 1.33 bits per heavy atom. The number of benzene rings is 1. The molecule has 18 heavy (non-hydrogen) atoms. The molecule has 2 rings (SSSR count). The first-order chi connectivity index (χ1) is 8.17. The molecule has 0 saturated carbocycles. The average molecular weight is 312 g/mol. The highest BCUT2D eigenvalue weighted by molar-refractivity contribution is 8.13. The van der Waals surface area contributed by atoms with Crippen LogP contribution in [0.1, 0.15) is 11.6 Å². The van der Waals surface area contributed by atoms with E-state index in [1.807, 2.05) is 0 Å². The van der Waals surface area contributed by atoms with E-state index >= 15 is 0 Å². The molecule has 0 bridgehead atoms. The highest BCUT2D eigenvalue weighted by atomic mass is 35.7. The van der Waals surface area contributed by atoms with Crippen molar-refractivity contribution in [1.29, 1.82) is 0 Å². The van der Waals surface area contributed by atoms with Crippen molar-refractivity contribution < 1.29 is 21.6 Å². The second kappa shape index (κ2) is 4.37. The highest BCUT2D eigenvalue weighted by Crippen LogP contribution is 2.34. The first kappa shape index (κ1) is 13.6. The van der Waals surface area contributed by atoms with E-state index in [-0.39, 0.29) is 11.5 Å². The van der Waals surface area contributed by atoms with Gasteiger partial charge in [-0.3, -0.25) is 0 Å². The van der Waals surface area contributed by atoms with Gasteiger partial charge < -0.3 is 4.74 Å². The number of hydrogen-bond acceptors (Lipinski definition) is 5. The number of sulfonamides is 1. The zero-order valence-electron chi connectivity index (χ0n) is 9.25. The van der Waals surface area contributed by atoms with Gasteiger partial charge in [-0.2, -0.15) is 0 Å². The average Bonchev–Trinajstić information content (AvgIpc) is 2.57. The fourth-order valence-electron chi connectivity index (χ4n) is 1.70. The molecule has 1 heterocycles. The molecule has 0 fully saturated rings. The molecule has 0 amide bonds. The maximum Gasteiger partial charge on any atom is 0.261 e. The zero-order valence-corrected chi connectivity index (χ0v) is 11.6. The van der Waals surface area contributed by atoms with Crippen LogP contribution >= 0.6 is 10.7 Å². The summed E-state index contributed by atoms with van der Waals surface area (Å²) in [6.45, 7) is 0.119. The maximum atomic E-state index is 11.2. The summed E-state index contributed by atoms with van der Waals surface area (Å²) in [6, 6.07) is 3.47. The first-order valence-corrected chi connectivity index (χ1v) is 9.05. The molecule has 6 nitrogen and oxygen atoms in total. The third kappa shape index (κ3) is 2.94. The quantitative estimate of drug-likeness (QED) is 0.826. The van der Waals surface area contributed by atoms with Crippen molar-refractivity contribution in [3.05, 3.63) is 23.8 Å². The van der Waals surface area contributed by atoms with Gasteiger partial charge in [0.15, 0.2) is 0 Å². The lowest BCUT2D eigenvalue weighted by Gasteiger charge is -2.09. The number of nitrogens with one attached hydrogen (secondary N) is 1. The minimum Gasteiger partial charge on any atom is -0.491 e. The van der Waals surface area contributed by atoms with Gasteiger partial charge in [-0.25, -0.2) is 21.6 Å². The van der Waals surface area contributed by atoms with E-state index in [1.54, 1.807) is 0 Å². The number of fused-ring (bicyclic) bond motifs is 1. The topological polar surface area (TPSA) is 89.5 Å². The molecule has 1 aromatic rings. The highest BCUT2D eigenvalue weighted by Gasteiger charge is 2.28. The van der Waals surface area contributed by atoms with Crippen LogP contribution in [0.4, 0.5) is 0 Å². The van der Waals surface area contributed by atoms with Crippen molar-refractivity contribution in [3.63, 3.8) is 0 Å². The van der Waals surface area contributed by atoms with E-state index in [9.17, 15) is 16.8 Å². The molecule has 1 aliphatic heterocycles. The second-order valence-electron chi connectivity index (χ2n) is 3.89. The molecule has 1 aliphatic rings. The standard InChI is InChI=1S/C9H10ClNO5S2/c1-17(12,13)11-8-5-16-9-3-2-6(4-7(8)9)18(10,14)15/h2-4,8,11H,5H2,1H3. The van der Waals surface area contributed by atoms with Crippen LogP contribution in [0.3, 0.4) is 0 Å². The van der Waals surface area contributed by atoms with Crippen LogP contribution in [-0.2, 0) is 19.1 Å². The van der Waals surface area contributed by atoms with Gasteiger partial charge in [0, 0.05) is 16.2 Å². The summed E-state index contributed by atoms with van der Waals surface area (Å²) in [6.07, 6.45) is 1.02. The number of rotatable bonds is 3. The van der Waals surface area contributed by atoms with Crippen LogP contribution in [0.2, 0.25) is 0 Å². The minimum absolute atomic E-state index is 0.0892. The van der Waals surface area contributed by atoms with Crippen molar-refractivity contribution >= 4 is 29.8 Å². The maximum absolute atomic E-state index is 11.2. The Morgan fingerprint density at radius 3 is 2.56 bits per heavy atom. The monoisotopic (exact) mass is 311 g/mol. The van der Waals surface area contributed by atoms with Crippen LogP contribution in [0.5, 0.6) is 5.75 Å². The third-order valence-corrected chi connectivity index (χ3v) is 4.46. The molecule has 0 radical (unpaired) electrons. The van der Waals surface area contributed by atoms with E-state index in [0.717, 1.165) is 6.26 Å². The van der Waals surface area contributed by atoms with E-state index < -0.39 is 25.1 Å². The van der Waals surface area contributed by atoms with Gasteiger partial charge in [0.25, 0.3) is 9.05 Å². The molecule has 1 atom stereocenters. The number of hydrogen-bond donors (Lipinski definition) is 1. The summed E-state index contributed by atoms with van der Waals surface area (Å²) in [5.41, 5.74) is 0.460. The number of ether oxygens (including phenoxy) is 1. The van der Waals surface area contributed by atoms with Crippen molar-refractivity contribution in [3.8, 4) is 5.75 Å². The Hall–Kier alpha value is -0.830. The lowest BCUT2D eigenvalue weighted by molar-refractivity contribution is 0.325. The molecule has 1 unspecified atom stereocenters. The molecule has 0 saturated heterocycles. The van der Waals surface area contributed by atoms with Gasteiger partial charge in [0.2, 0.25) is 10.0 Å². The SMILES string of the molecule is CS(=O)(=O)NC1COc2ccc(S(=O)(=O)Cl)cc21. The van der Waals surface area contributed by atoms with Crippen molar-refractivity contribution in [2.45, 2.75) is 10.9 Å². The predicted molar refractivity (Wildman–Crippen MR) is 65.7 cm³/mol. The van der Waals surface area contributed by atoms with Gasteiger partial charge in [0.1, 0.15) is 12.4 Å². The third-order valence-electron chi connectivity index (χ3n) is 2.40. The smallest absolute Gasteiger partial charge is 0.261 e. The Labute approximate surface area is 109 Å². The van der Waals surface area contributed by atoms with Gasteiger partial charge in [0.05, 0.1) is 17.2 Å². The summed E-state index contributed by atoms with van der Waals surface area (Å²) >= 11 is 0. The van der Waals surface area contributed by atoms with Crippen molar-refractivity contribution in [2.24, 2.45) is 0 Å².